The van der Waals surface area contributed by atoms with Crippen molar-refractivity contribution in [1.82, 2.24) is 9.29 Å². The number of aromatic nitrogens is 1. The first-order chi connectivity index (χ1) is 17.4. The van der Waals surface area contributed by atoms with Crippen molar-refractivity contribution in [1.29, 1.82) is 0 Å². The zero-order valence-electron chi connectivity index (χ0n) is 20.7. The van der Waals surface area contributed by atoms with Gasteiger partial charge in [-0.1, -0.05) is 31.2 Å². The summed E-state index contributed by atoms with van der Waals surface area (Å²) in [6.45, 7) is 5.00. The number of rotatable bonds is 10. The Hall–Kier alpha value is -2.72. The van der Waals surface area contributed by atoms with E-state index in [0.717, 1.165) is 23.8 Å². The van der Waals surface area contributed by atoms with Crippen molar-refractivity contribution >= 4 is 20.9 Å². The first-order valence-corrected chi connectivity index (χ1v) is 13.6. The number of pyridine rings is 1. The van der Waals surface area contributed by atoms with Crippen molar-refractivity contribution in [3.63, 3.8) is 0 Å². The van der Waals surface area contributed by atoms with Gasteiger partial charge < -0.3 is 18.9 Å². The van der Waals surface area contributed by atoms with Gasteiger partial charge in [0.25, 0.3) is 0 Å². The molecule has 2 saturated heterocycles. The topological polar surface area (TPSA) is 87.2 Å². The van der Waals surface area contributed by atoms with E-state index in [-0.39, 0.29) is 29.5 Å². The summed E-state index contributed by atoms with van der Waals surface area (Å²) in [4.78, 5) is 4.58. The van der Waals surface area contributed by atoms with Crippen LogP contribution in [0.5, 0.6) is 11.5 Å². The van der Waals surface area contributed by atoms with Crippen LogP contribution in [-0.4, -0.2) is 63.9 Å². The van der Waals surface area contributed by atoms with Crippen LogP contribution in [0.15, 0.2) is 59.6 Å². The minimum atomic E-state index is -3.87. The van der Waals surface area contributed by atoms with E-state index in [1.807, 2.05) is 30.3 Å². The molecule has 0 N–H and O–H groups in total. The van der Waals surface area contributed by atoms with Crippen LogP contribution in [0.25, 0.3) is 10.9 Å². The van der Waals surface area contributed by atoms with Gasteiger partial charge in [-0.2, -0.15) is 4.31 Å². The van der Waals surface area contributed by atoms with Gasteiger partial charge in [-0.25, -0.2) is 8.42 Å². The maximum atomic E-state index is 14.0. The summed E-state index contributed by atoms with van der Waals surface area (Å²) in [6, 6.07) is 14.5. The van der Waals surface area contributed by atoms with Gasteiger partial charge >= 0.3 is 0 Å². The molecule has 0 spiro atoms. The van der Waals surface area contributed by atoms with E-state index in [0.29, 0.717) is 43.4 Å². The average Bonchev–Trinajstić information content (AvgIpc) is 3.39. The van der Waals surface area contributed by atoms with E-state index in [9.17, 15) is 8.42 Å². The zero-order chi connectivity index (χ0) is 25.2. The second kappa shape index (κ2) is 10.3. The van der Waals surface area contributed by atoms with Crippen LogP contribution in [-0.2, 0) is 26.0 Å². The average molecular weight is 513 g/mol. The molecule has 3 heterocycles. The van der Waals surface area contributed by atoms with Crippen molar-refractivity contribution in [2.75, 3.05) is 40.1 Å². The lowest BCUT2D eigenvalue weighted by Gasteiger charge is -2.37. The van der Waals surface area contributed by atoms with Crippen LogP contribution in [0.3, 0.4) is 0 Å². The van der Waals surface area contributed by atoms with Gasteiger partial charge in [0.05, 0.1) is 38.6 Å². The maximum absolute atomic E-state index is 14.0. The highest BCUT2D eigenvalue weighted by Crippen LogP contribution is 2.34. The summed E-state index contributed by atoms with van der Waals surface area (Å²) >= 11 is 0. The van der Waals surface area contributed by atoms with Crippen molar-refractivity contribution < 1.29 is 27.4 Å². The first-order valence-electron chi connectivity index (χ1n) is 12.2. The number of sulfonamides is 1. The van der Waals surface area contributed by atoms with Gasteiger partial charge in [0.15, 0.2) is 11.5 Å². The maximum Gasteiger partial charge on any atom is 0.245 e. The monoisotopic (exact) mass is 512 g/mol. The molecule has 192 valence electrons. The second-order valence-electron chi connectivity index (χ2n) is 9.84. The van der Waals surface area contributed by atoms with Crippen molar-refractivity contribution in [2.24, 2.45) is 5.41 Å². The van der Waals surface area contributed by atoms with E-state index < -0.39 is 10.0 Å². The molecule has 1 aromatic heterocycles. The van der Waals surface area contributed by atoms with E-state index in [1.54, 1.807) is 31.5 Å². The minimum absolute atomic E-state index is 0.0302. The predicted octanol–water partition coefficient (Wildman–Crippen LogP) is 4.03. The molecule has 0 aliphatic carbocycles. The molecule has 0 bridgehead atoms. The van der Waals surface area contributed by atoms with E-state index in [2.05, 4.69) is 11.9 Å². The summed E-state index contributed by atoms with van der Waals surface area (Å²) in [6.07, 6.45) is 3.23. The Morgan fingerprint density at radius 3 is 2.69 bits per heavy atom. The Morgan fingerprint density at radius 1 is 1.14 bits per heavy atom. The molecule has 9 heteroatoms. The summed E-state index contributed by atoms with van der Waals surface area (Å²) in [7, 11) is -2.27. The number of hydrogen-bond donors (Lipinski definition) is 0. The molecule has 0 amide bonds. The Labute approximate surface area is 212 Å². The van der Waals surface area contributed by atoms with Crippen molar-refractivity contribution in [3.05, 3.63) is 60.3 Å². The van der Waals surface area contributed by atoms with Crippen LogP contribution in [0, 0.1) is 5.41 Å². The van der Waals surface area contributed by atoms with Crippen LogP contribution in [0.4, 0.5) is 0 Å². The third-order valence-corrected chi connectivity index (χ3v) is 8.55. The van der Waals surface area contributed by atoms with E-state index in [4.69, 9.17) is 18.9 Å². The van der Waals surface area contributed by atoms with Crippen molar-refractivity contribution in [3.8, 4) is 11.5 Å². The molecule has 8 nitrogen and oxygen atoms in total. The van der Waals surface area contributed by atoms with Crippen LogP contribution in [0.1, 0.15) is 25.3 Å². The number of fused-ring (bicyclic) bond motifs is 1. The number of hydrogen-bond acceptors (Lipinski definition) is 7. The Morgan fingerprint density at radius 2 is 1.97 bits per heavy atom. The van der Waals surface area contributed by atoms with E-state index >= 15 is 0 Å². The van der Waals surface area contributed by atoms with E-state index in [1.165, 1.54) is 4.31 Å². The molecular weight excluding hydrogens is 480 g/mol. The fourth-order valence-corrected chi connectivity index (χ4v) is 6.23. The second-order valence-corrected chi connectivity index (χ2v) is 11.7. The highest BCUT2D eigenvalue weighted by Gasteiger charge is 2.35. The summed E-state index contributed by atoms with van der Waals surface area (Å²) < 4.78 is 52.3. The summed E-state index contributed by atoms with van der Waals surface area (Å²) in [5.41, 5.74) is 1.24. The smallest absolute Gasteiger partial charge is 0.245 e. The number of para-hydroxylation sites is 1. The van der Waals surface area contributed by atoms with Gasteiger partial charge in [-0.05, 0) is 42.7 Å². The molecule has 0 saturated carbocycles. The molecule has 2 aliphatic heterocycles. The first kappa shape index (κ1) is 25.0. The normalized spacial score (nSPS) is 19.4. The van der Waals surface area contributed by atoms with Crippen LogP contribution >= 0.6 is 0 Å². The predicted molar refractivity (Wildman–Crippen MR) is 136 cm³/mol. The third-order valence-electron chi connectivity index (χ3n) is 6.71. The lowest BCUT2D eigenvalue weighted by atomic mass is 9.90. The molecule has 2 aromatic carbocycles. The molecule has 3 aromatic rings. The standard InChI is InChI=1S/C27H32N2O6S/c1-27(17-33-18-27)19-35-24-14-20(10-11-23(24)32-2)15-29(16-22-8-5-13-34-22)36(30,31)25-9-3-6-21-7-4-12-28-26(21)25/h3-4,6-7,9-12,14,22H,5,8,13,15-19H2,1-2H3/t22-/m0/s1. The van der Waals surface area contributed by atoms with Gasteiger partial charge in [-0.15, -0.1) is 0 Å². The molecule has 36 heavy (non-hydrogen) atoms. The Bertz CT molecular complexity index is 1310. The third kappa shape index (κ3) is 5.20. The molecule has 0 radical (unpaired) electrons. The summed E-state index contributed by atoms with van der Waals surface area (Å²) in [5, 5.41) is 0.782. The fourth-order valence-electron chi connectivity index (χ4n) is 4.61. The lowest BCUT2D eigenvalue weighted by Crippen LogP contribution is -2.44. The molecule has 2 fully saturated rings. The minimum Gasteiger partial charge on any atom is -0.493 e. The number of ether oxygens (including phenoxy) is 4. The Balaban J connectivity index is 1.46. The van der Waals surface area contributed by atoms with Gasteiger partial charge in [0, 0.05) is 36.7 Å². The van der Waals surface area contributed by atoms with Crippen molar-refractivity contribution in [2.45, 2.75) is 37.3 Å². The summed E-state index contributed by atoms with van der Waals surface area (Å²) in [5.74, 6) is 1.19. The van der Waals surface area contributed by atoms with Crippen LogP contribution in [0.2, 0.25) is 0 Å². The molecule has 2 aliphatic rings. The molecule has 5 rings (SSSR count). The van der Waals surface area contributed by atoms with Crippen LogP contribution < -0.4 is 9.47 Å². The largest absolute Gasteiger partial charge is 0.493 e. The molecule has 0 unspecified atom stereocenters. The van der Waals surface area contributed by atoms with Gasteiger partial charge in [0.2, 0.25) is 10.0 Å². The molecular formula is C27H32N2O6S. The lowest BCUT2D eigenvalue weighted by molar-refractivity contribution is -0.120. The number of nitrogens with zero attached hydrogens (tertiary/aromatic N) is 2. The number of methoxy groups -OCH3 is 1. The highest BCUT2D eigenvalue weighted by molar-refractivity contribution is 7.89. The zero-order valence-corrected chi connectivity index (χ0v) is 21.5. The van der Waals surface area contributed by atoms with Gasteiger partial charge in [-0.3, -0.25) is 4.98 Å². The number of benzene rings is 2. The van der Waals surface area contributed by atoms with Gasteiger partial charge in [0.1, 0.15) is 4.90 Å². The fraction of sp³-hybridized carbons (Fsp3) is 0.444. The SMILES string of the molecule is COc1ccc(CN(C[C@@H]2CCCO2)S(=O)(=O)c2cccc3cccnc23)cc1OCC1(C)COC1. The quantitative estimate of drug-likeness (QED) is 0.405. The highest BCUT2D eigenvalue weighted by atomic mass is 32.2. The molecule has 1 atom stereocenters. The Kier molecular flexibility index (Phi) is 7.16.